The normalized spacial score (nSPS) is 22.1. The summed E-state index contributed by atoms with van der Waals surface area (Å²) in [5, 5.41) is 23.9. The van der Waals surface area contributed by atoms with Crippen molar-refractivity contribution in [2.45, 2.75) is 438 Å². The number of methoxy groups -OCH3 is 1. The molecule has 1 saturated heterocycles. The second kappa shape index (κ2) is 58.0. The molecule has 9 aliphatic rings. The average Bonchev–Trinajstić information content (AvgIpc) is 1.61. The van der Waals surface area contributed by atoms with Gasteiger partial charge in [0.15, 0.2) is 0 Å². The summed E-state index contributed by atoms with van der Waals surface area (Å²) in [5.74, 6) is 8.51. The van der Waals surface area contributed by atoms with Crippen molar-refractivity contribution in [1.29, 1.82) is 0 Å². The van der Waals surface area contributed by atoms with Crippen LogP contribution < -0.4 is 43.0 Å². The van der Waals surface area contributed by atoms with Gasteiger partial charge in [-0.25, -0.2) is 54.6 Å². The second-order valence-corrected chi connectivity index (χ2v) is 52.0. The molecule has 8 aliphatic carbocycles. The third-order valence-electron chi connectivity index (χ3n) is 31.0. The summed E-state index contributed by atoms with van der Waals surface area (Å²) < 4.78 is 27.1. The molecule has 0 radical (unpaired) electrons. The zero-order chi connectivity index (χ0) is 105. The van der Waals surface area contributed by atoms with Crippen LogP contribution in [0.2, 0.25) is 15.5 Å². The van der Waals surface area contributed by atoms with Crippen LogP contribution in [0.4, 0.5) is 16.4 Å². The number of aromatic nitrogens is 10. The maximum atomic E-state index is 12.6. The molecule has 150 heavy (non-hydrogen) atoms. The van der Waals surface area contributed by atoms with Gasteiger partial charge in [0.25, 0.3) is 0 Å². The standard InChI is InChI=1S/C34H47N3O3S.C26H39N3O2S.C14H17ClN2S.C13H15ClN2OS.C11H9ClN2OS.C11H22N2O2.C6H12O.BrH.ClH.Mg.H/c1-7-22(2)18-25-12-17-28-30(25)31-32(35-21-36-33(31)41-28)37(20-24-10-15-27(39-6)16-11-24)26-13-8-23(9-14-26)19-29(38)40-34(3,4)5;1-6-16(2)13-18-9-12-20-22(18)23-24(27-15-28-25(23)32-20)29-19-10-7-17(8-11-19)14-21(30)31-26(3,4)5;1-3-8(2)6-9-4-5-10-11(9)12-13(15)16-7-17-14(12)18-10;1-2-8(17)5-7-3-4-9-10(7)11-12(14)15-6-16-13(11)18-9;12-10-9-8-6(3-4-15)1-2-7(8)16-11(9)14-5-13-10;1-11(2,3)15-10(14)13-9-6-4-8(12)5-7-9;1-2-6-4-3-5-7-6;;;;/h10-11,15-16,21-23,25-26H,7-9,12-14,17-20H2,1-6H3;15-19H,6-14H2,1-5H3,(H,27,28,29);7-9H,3-6H2,1-2H3;6-8,17H,2-5H2,1H3;4-6H,1-3H2;8-9H,4-7,12H2,1-3H3,(H,13,14);6H,2-5H2,1H3;2*1H;;/q;;;;;;;;;+2;-1/p-1/t22?,23?,25-,26?;16?,17?,18-,19?;8?,9-;7-,8?;6-;;;;;;/m11111....../s1. The Morgan fingerprint density at radius 2 is 0.873 bits per heavy atom. The Morgan fingerprint density at radius 1 is 0.493 bits per heavy atom. The van der Waals surface area contributed by atoms with E-state index < -0.39 is 16.8 Å². The number of nitrogens with one attached hydrogen (secondary N) is 2. The number of thiophene rings is 5. The van der Waals surface area contributed by atoms with Gasteiger partial charge in [-0.2, -0.15) is 0 Å². The van der Waals surface area contributed by atoms with Gasteiger partial charge in [-0.1, -0.05) is 122 Å². The SMILES string of the molecule is CC(C)(C)OC(=O)NC1CCC(N)CC1.CCC(C)C[C@H]1CCc2sc3ncnc(Cl)c3c21.CCC(C)C[C@H]1CCc2sc3ncnc(N(Cc4ccc(OC)cc4)C4CCC(CC(=O)OC(C)(C)C)CC4)c3c21.CCC(C)C[C@H]1CCc2sc3ncnc(NC4CCC(CC(=O)OC(C)(C)C)CC4)c3c21.CCC(O)C[C@H]1CCc2sc3ncnc(Cl)c3c21.CCC1CCCO1.Cl.O=CC[C@H]1CCc2sc3ncnc(Cl)c3c21.[Br-].[H-].[Mg+2]. The van der Waals surface area contributed by atoms with Crippen LogP contribution in [0, 0.1) is 29.6 Å². The van der Waals surface area contributed by atoms with Crippen molar-refractivity contribution in [1.82, 2.24) is 55.2 Å². The summed E-state index contributed by atoms with van der Waals surface area (Å²) >= 11 is 27.6. The Hall–Kier alpha value is -6.01. The number of ether oxygens (including phenoxy) is 5. The second-order valence-electron chi connectivity index (χ2n) is 45.5. The van der Waals surface area contributed by atoms with Crippen molar-refractivity contribution in [3.63, 3.8) is 0 Å². The maximum absolute atomic E-state index is 12.6. The molecule has 0 spiro atoms. The van der Waals surface area contributed by atoms with Gasteiger partial charge in [-0.3, -0.25) is 9.59 Å². The van der Waals surface area contributed by atoms with Crippen LogP contribution in [0.25, 0.3) is 51.1 Å². The van der Waals surface area contributed by atoms with Crippen LogP contribution in [0.15, 0.2) is 55.9 Å². The van der Waals surface area contributed by atoms with Crippen LogP contribution in [0.1, 0.15) is 406 Å². The van der Waals surface area contributed by atoms with Crippen molar-refractivity contribution >= 4 is 214 Å². The van der Waals surface area contributed by atoms with Gasteiger partial charge in [0.1, 0.15) is 112 Å². The first-order valence-corrected chi connectivity index (χ1v) is 60.0. The molecule has 10 aromatic heterocycles. The minimum Gasteiger partial charge on any atom is -1.00 e. The van der Waals surface area contributed by atoms with E-state index in [9.17, 15) is 24.3 Å². The van der Waals surface area contributed by atoms with E-state index in [2.05, 4.69) is 111 Å². The van der Waals surface area contributed by atoms with E-state index >= 15 is 0 Å². The molecule has 1 amide bonds. The first-order chi connectivity index (χ1) is 70.4. The van der Waals surface area contributed by atoms with Gasteiger partial charge in [-0.05, 0) is 360 Å². The van der Waals surface area contributed by atoms with Crippen molar-refractivity contribution in [2.24, 2.45) is 35.3 Å². The fourth-order valence-electron chi connectivity index (χ4n) is 22.9. The largest absolute Gasteiger partial charge is 2.00 e. The monoisotopic (exact) mass is 2300 g/mol. The Morgan fingerprint density at radius 3 is 1.27 bits per heavy atom. The number of aliphatic hydroxyl groups excluding tert-OH is 1. The molecule has 5 unspecified atom stereocenters. The zero-order valence-electron chi connectivity index (χ0n) is 92.7. The molecule has 0 bridgehead atoms. The number of fused-ring (bicyclic) bond motifs is 15. The number of nitrogens with two attached hydrogens (primary N) is 1. The summed E-state index contributed by atoms with van der Waals surface area (Å²) in [6, 6.07) is 9.74. The summed E-state index contributed by atoms with van der Waals surface area (Å²) in [6.45, 7) is 37.2. The van der Waals surface area contributed by atoms with Crippen molar-refractivity contribution in [2.75, 3.05) is 23.9 Å². The summed E-state index contributed by atoms with van der Waals surface area (Å²) in [7, 11) is 1.71. The molecule has 4 fully saturated rings. The number of aldehydes is 1. The zero-order valence-corrected chi connectivity index (χ0v) is 102. The Labute approximate surface area is 959 Å². The van der Waals surface area contributed by atoms with Gasteiger partial charge in [-0.15, -0.1) is 69.1 Å². The molecule has 5 N–H and O–H groups in total. The third kappa shape index (κ3) is 33.6. The number of hydrogen-bond acceptors (Lipinski definition) is 28. The minimum atomic E-state index is -0.435. The van der Waals surface area contributed by atoms with E-state index in [-0.39, 0.29) is 84.0 Å². The van der Waals surface area contributed by atoms with E-state index in [0.717, 1.165) is 211 Å². The molecule has 3 saturated carbocycles. The number of esters is 2. The summed E-state index contributed by atoms with van der Waals surface area (Å²) in [5.41, 5.74) is 12.8. The molecular formula is C115H163BrCl4MgN14O10S5. The van der Waals surface area contributed by atoms with E-state index in [4.69, 9.17) is 79.2 Å². The Balaban J connectivity index is 0.000000189. The number of anilines is 2. The number of nitrogens with zero attached hydrogens (tertiary/aromatic N) is 11. The number of alkyl carbamates (subject to hydrolysis) is 1. The molecule has 11 heterocycles. The van der Waals surface area contributed by atoms with E-state index in [0.29, 0.717) is 106 Å². The van der Waals surface area contributed by atoms with Gasteiger partial charge in [0.05, 0.1) is 46.2 Å². The van der Waals surface area contributed by atoms with Crippen molar-refractivity contribution in [3.8, 4) is 5.75 Å². The van der Waals surface area contributed by atoms with Crippen LogP contribution in [0.3, 0.4) is 0 Å². The van der Waals surface area contributed by atoms with Gasteiger partial charge >= 0.3 is 41.1 Å². The molecule has 24 nitrogen and oxygen atoms in total. The first kappa shape index (κ1) is 124. The van der Waals surface area contributed by atoms with E-state index in [1.165, 1.54) is 171 Å². The smallest absolute Gasteiger partial charge is 1.00 e. The molecule has 20 rings (SSSR count). The summed E-state index contributed by atoms with van der Waals surface area (Å²) in [6.07, 6.45) is 47.4. The number of hydrogen-bond donors (Lipinski definition) is 4. The summed E-state index contributed by atoms with van der Waals surface area (Å²) in [4.78, 5) is 106. The average molecular weight is 2310 g/mol. The minimum absolute atomic E-state index is 0. The first-order valence-electron chi connectivity index (χ1n) is 54.8. The van der Waals surface area contributed by atoms with Crippen LogP contribution >= 0.6 is 104 Å². The third-order valence-corrected chi connectivity index (χ3v) is 37.7. The molecule has 1 aromatic carbocycles. The Bertz CT molecular complexity index is 6070. The molecule has 820 valence electrons. The molecular weight excluding hydrogens is 2140 g/mol. The molecule has 35 heteroatoms. The van der Waals surface area contributed by atoms with E-state index in [1.54, 1.807) is 60.1 Å². The number of aryl methyl sites for hydroxylation is 5. The van der Waals surface area contributed by atoms with Gasteiger partial charge in [0.2, 0.25) is 0 Å². The molecule has 11 aromatic rings. The molecule has 10 atom stereocenters. The Kier molecular flexibility index (Phi) is 48.0. The predicted octanol–water partition coefficient (Wildman–Crippen LogP) is 27.1. The predicted molar refractivity (Wildman–Crippen MR) is 619 cm³/mol. The van der Waals surface area contributed by atoms with Crippen molar-refractivity contribution in [3.05, 3.63) is 129 Å². The van der Waals surface area contributed by atoms with Gasteiger partial charge in [0, 0.05) is 81.0 Å². The van der Waals surface area contributed by atoms with Crippen LogP contribution in [-0.2, 0) is 72.0 Å². The number of aliphatic hydroxyl groups is 1. The van der Waals surface area contributed by atoms with Crippen molar-refractivity contribution < 1.29 is 66.4 Å². The van der Waals surface area contributed by atoms with E-state index in [1.807, 2.05) is 104 Å². The van der Waals surface area contributed by atoms with Gasteiger partial charge < -0.3 is 73.3 Å². The van der Waals surface area contributed by atoms with Crippen LogP contribution in [0.5, 0.6) is 5.75 Å². The number of benzene rings is 1. The number of rotatable bonds is 27. The number of halogens is 5. The fourth-order valence-corrected chi connectivity index (χ4v) is 30.0. The quantitative estimate of drug-likeness (QED) is 0.0122. The maximum Gasteiger partial charge on any atom is 2.00 e. The molecule has 1 aliphatic heterocycles. The van der Waals surface area contributed by atoms with Crippen LogP contribution in [-0.4, -0.2) is 169 Å². The number of amides is 1. The number of carbonyl (C=O) groups excluding carboxylic acids is 4. The topological polar surface area (TPSA) is 317 Å². The fraction of sp³-hybridized carbons (Fsp3) is 0.652. The number of carbonyl (C=O) groups is 4.